The molecule has 1 atom stereocenters. The van der Waals surface area contributed by atoms with Gasteiger partial charge in [-0.05, 0) is 63.4 Å². The number of hydrogen-bond donors (Lipinski definition) is 1. The van der Waals surface area contributed by atoms with Gasteiger partial charge in [-0.1, -0.05) is 56.2 Å². The van der Waals surface area contributed by atoms with Gasteiger partial charge in [-0.25, -0.2) is 13.1 Å². The van der Waals surface area contributed by atoms with Gasteiger partial charge in [0, 0.05) is 18.5 Å². The van der Waals surface area contributed by atoms with Crippen LogP contribution < -0.4 is 4.72 Å². The fraction of sp³-hybridized carbons (Fsp3) is 0.640. The van der Waals surface area contributed by atoms with Crippen molar-refractivity contribution in [1.82, 2.24) is 14.5 Å². The number of amides is 1. The summed E-state index contributed by atoms with van der Waals surface area (Å²) in [6.07, 6.45) is 9.85. The van der Waals surface area contributed by atoms with Crippen molar-refractivity contribution >= 4 is 22.0 Å². The van der Waals surface area contributed by atoms with Crippen LogP contribution in [0.5, 0.6) is 0 Å². The predicted octanol–water partition coefficient (Wildman–Crippen LogP) is 3.15. The normalized spacial score (nSPS) is 22.2. The zero-order valence-corrected chi connectivity index (χ0v) is 20.2. The van der Waals surface area contributed by atoms with E-state index in [0.717, 1.165) is 38.8 Å². The number of hydrogen-bond acceptors (Lipinski definition) is 4. The molecular weight excluding hydrogens is 422 g/mol. The van der Waals surface area contributed by atoms with Crippen molar-refractivity contribution in [2.24, 2.45) is 0 Å². The summed E-state index contributed by atoms with van der Waals surface area (Å²) in [6.45, 7) is 4.96. The van der Waals surface area contributed by atoms with E-state index >= 15 is 0 Å². The Morgan fingerprint density at radius 3 is 2.53 bits per heavy atom. The lowest BCUT2D eigenvalue weighted by Crippen LogP contribution is -2.54. The van der Waals surface area contributed by atoms with E-state index in [-0.39, 0.29) is 11.3 Å². The zero-order chi connectivity index (χ0) is 22.8. The molecule has 1 spiro atoms. The molecule has 32 heavy (non-hydrogen) atoms. The van der Waals surface area contributed by atoms with Crippen LogP contribution in [-0.4, -0.2) is 68.6 Å². The molecule has 2 fully saturated rings. The summed E-state index contributed by atoms with van der Waals surface area (Å²) in [4.78, 5) is 17.5. The van der Waals surface area contributed by atoms with E-state index in [4.69, 9.17) is 0 Å². The molecule has 0 saturated carbocycles. The molecule has 1 aromatic carbocycles. The molecule has 176 valence electrons. The average molecular weight is 460 g/mol. The second-order valence-electron chi connectivity index (χ2n) is 9.76. The number of benzene rings is 1. The second kappa shape index (κ2) is 9.65. The third-order valence-corrected chi connectivity index (χ3v) is 9.56. The Balaban J connectivity index is 1.42. The summed E-state index contributed by atoms with van der Waals surface area (Å²) < 4.78 is 29.0. The minimum Gasteiger partial charge on any atom is -0.341 e. The minimum absolute atomic E-state index is 0.0138. The molecule has 0 aromatic heterocycles. The van der Waals surface area contributed by atoms with Gasteiger partial charge in [-0.15, -0.1) is 0 Å². The van der Waals surface area contributed by atoms with Crippen molar-refractivity contribution < 1.29 is 13.2 Å². The number of carbonyl (C=O) groups excluding carboxylic acids is 1. The van der Waals surface area contributed by atoms with Gasteiger partial charge in [0.25, 0.3) is 0 Å². The number of piperidine rings is 2. The topological polar surface area (TPSA) is 69.7 Å². The van der Waals surface area contributed by atoms with Crippen molar-refractivity contribution in [1.29, 1.82) is 0 Å². The number of carbonyl (C=O) groups is 1. The zero-order valence-electron chi connectivity index (χ0n) is 19.4. The minimum atomic E-state index is -3.52. The fourth-order valence-corrected chi connectivity index (χ4v) is 7.09. The van der Waals surface area contributed by atoms with E-state index in [9.17, 15) is 13.2 Å². The molecule has 1 aliphatic carbocycles. The van der Waals surface area contributed by atoms with E-state index in [2.05, 4.69) is 53.0 Å². The average Bonchev–Trinajstić information content (AvgIpc) is 3.15. The third kappa shape index (κ3) is 4.80. The molecule has 1 aromatic rings. The van der Waals surface area contributed by atoms with Crippen LogP contribution in [-0.2, 0) is 20.2 Å². The summed E-state index contributed by atoms with van der Waals surface area (Å²) in [7, 11) is -1.50. The number of likely N-dealkylation sites (tertiary alicyclic amines) is 2. The number of sulfonamides is 1. The molecular formula is C25H37N3O3S. The number of unbranched alkanes of at least 4 members (excludes halogenated alkanes) is 1. The Labute approximate surface area is 193 Å². The molecule has 6 nitrogen and oxygen atoms in total. The highest BCUT2D eigenvalue weighted by Crippen LogP contribution is 2.43. The first-order valence-electron chi connectivity index (χ1n) is 12.1. The number of allylic oxidation sites excluding steroid dienone is 1. The molecule has 2 aliphatic heterocycles. The van der Waals surface area contributed by atoms with Gasteiger partial charge < -0.3 is 9.80 Å². The van der Waals surface area contributed by atoms with Crippen LogP contribution in [0.4, 0.5) is 0 Å². The van der Waals surface area contributed by atoms with Crippen LogP contribution in [0.1, 0.15) is 63.0 Å². The summed E-state index contributed by atoms with van der Waals surface area (Å²) in [5.41, 5.74) is 2.65. The van der Waals surface area contributed by atoms with Crippen molar-refractivity contribution in [2.75, 3.05) is 33.2 Å². The Morgan fingerprint density at radius 1 is 1.16 bits per heavy atom. The van der Waals surface area contributed by atoms with Crippen LogP contribution in [0.2, 0.25) is 0 Å². The fourth-order valence-electron chi connectivity index (χ4n) is 5.45. The van der Waals surface area contributed by atoms with Gasteiger partial charge in [0.15, 0.2) is 0 Å². The third-order valence-electron chi connectivity index (χ3n) is 7.60. The predicted molar refractivity (Wildman–Crippen MR) is 129 cm³/mol. The first-order valence-corrected chi connectivity index (χ1v) is 13.7. The summed E-state index contributed by atoms with van der Waals surface area (Å²) >= 11 is 0. The van der Waals surface area contributed by atoms with Crippen molar-refractivity contribution in [3.05, 3.63) is 41.5 Å². The van der Waals surface area contributed by atoms with Crippen LogP contribution in [0.15, 0.2) is 30.3 Å². The quantitative estimate of drug-likeness (QED) is 0.680. The van der Waals surface area contributed by atoms with Crippen molar-refractivity contribution in [2.45, 2.75) is 68.6 Å². The van der Waals surface area contributed by atoms with E-state index in [1.165, 1.54) is 11.1 Å². The molecule has 0 bridgehead atoms. The molecule has 1 N–H and O–H groups in total. The highest BCUT2D eigenvalue weighted by Gasteiger charge is 2.41. The maximum Gasteiger partial charge on any atom is 0.240 e. The molecule has 4 rings (SSSR count). The lowest BCUT2D eigenvalue weighted by molar-refractivity contribution is -0.134. The molecule has 1 amide bonds. The smallest absolute Gasteiger partial charge is 0.240 e. The molecule has 0 radical (unpaired) electrons. The van der Waals surface area contributed by atoms with E-state index in [1.54, 1.807) is 0 Å². The largest absolute Gasteiger partial charge is 0.341 e. The number of nitrogens with zero attached hydrogens (tertiary/aromatic N) is 2. The van der Waals surface area contributed by atoms with Crippen LogP contribution in [0, 0.1) is 0 Å². The van der Waals surface area contributed by atoms with Crippen LogP contribution in [0.25, 0.3) is 6.08 Å². The number of nitrogens with one attached hydrogen (secondary N) is 1. The lowest BCUT2D eigenvalue weighted by atomic mass is 9.74. The van der Waals surface area contributed by atoms with E-state index in [0.29, 0.717) is 32.4 Å². The molecule has 7 heteroatoms. The molecule has 3 aliphatic rings. The maximum atomic E-state index is 13.4. The molecule has 2 saturated heterocycles. The number of fused-ring (bicyclic) bond motifs is 2. The second-order valence-corrected chi connectivity index (χ2v) is 11.8. The van der Waals surface area contributed by atoms with Gasteiger partial charge >= 0.3 is 0 Å². The Bertz CT molecular complexity index is 943. The molecule has 1 unspecified atom stereocenters. The van der Waals surface area contributed by atoms with Gasteiger partial charge in [-0.3, -0.25) is 4.79 Å². The molecule has 2 heterocycles. The summed E-state index contributed by atoms with van der Waals surface area (Å²) in [5.74, 6) is -0.0555. The maximum absolute atomic E-state index is 13.4. The summed E-state index contributed by atoms with van der Waals surface area (Å²) in [5, 5.41) is -0.402. The van der Waals surface area contributed by atoms with Crippen molar-refractivity contribution in [3.8, 4) is 0 Å². The van der Waals surface area contributed by atoms with E-state index < -0.39 is 21.3 Å². The standard InChI is InChI=1S/C25H37N3O3S/c1-3-4-9-23(26-32(30,31)21-11-16-27(2)17-12-21)24(29)28-18-14-25(15-19-28)13-10-20-7-5-6-8-22(20)25/h5-8,10,13,21,23,26H,3-4,9,11-12,14-19H2,1-2H3. The Hall–Kier alpha value is -1.70. The Morgan fingerprint density at radius 2 is 1.84 bits per heavy atom. The monoisotopic (exact) mass is 459 g/mol. The van der Waals surface area contributed by atoms with Gasteiger partial charge in [0.2, 0.25) is 15.9 Å². The van der Waals surface area contributed by atoms with Crippen LogP contribution >= 0.6 is 0 Å². The van der Waals surface area contributed by atoms with Gasteiger partial charge in [0.05, 0.1) is 5.25 Å². The SMILES string of the molecule is CCCCC(NS(=O)(=O)C1CCN(C)CC1)C(=O)N1CCC2(C=Cc3ccccc32)CC1. The van der Waals surface area contributed by atoms with Gasteiger partial charge in [-0.2, -0.15) is 0 Å². The highest BCUT2D eigenvalue weighted by atomic mass is 32.2. The first-order chi connectivity index (χ1) is 15.3. The van der Waals surface area contributed by atoms with Gasteiger partial charge in [0.1, 0.15) is 6.04 Å². The van der Waals surface area contributed by atoms with E-state index in [1.807, 2.05) is 11.9 Å². The Kier molecular flexibility index (Phi) is 7.08. The first kappa shape index (κ1) is 23.5. The van der Waals surface area contributed by atoms with Crippen molar-refractivity contribution in [3.63, 3.8) is 0 Å². The summed E-state index contributed by atoms with van der Waals surface area (Å²) in [6, 6.07) is 7.85. The highest BCUT2D eigenvalue weighted by molar-refractivity contribution is 7.90. The van der Waals surface area contributed by atoms with Crippen LogP contribution in [0.3, 0.4) is 0 Å². The lowest BCUT2D eigenvalue weighted by Gasteiger charge is -2.40. The number of rotatable bonds is 7.